The molecule has 0 atom stereocenters. The van der Waals surface area contributed by atoms with E-state index in [2.05, 4.69) is 48.6 Å². The van der Waals surface area contributed by atoms with E-state index >= 15 is 0 Å². The molecule has 25 heavy (non-hydrogen) atoms. The van der Waals surface area contributed by atoms with E-state index in [0.29, 0.717) is 6.54 Å². The first-order valence-corrected chi connectivity index (χ1v) is 9.01. The van der Waals surface area contributed by atoms with Gasteiger partial charge in [-0.1, -0.05) is 48.0 Å². The lowest BCUT2D eigenvalue weighted by Crippen LogP contribution is -2.44. The predicted molar refractivity (Wildman–Crippen MR) is 101 cm³/mol. The summed E-state index contributed by atoms with van der Waals surface area (Å²) in [6, 6.07) is 14.7. The zero-order valence-corrected chi connectivity index (χ0v) is 15.4. The van der Waals surface area contributed by atoms with E-state index in [1.165, 1.54) is 11.1 Å². The molecule has 1 N–H and O–H groups in total. The van der Waals surface area contributed by atoms with Crippen LogP contribution in [0.3, 0.4) is 0 Å². The second-order valence-corrected chi connectivity index (χ2v) is 7.22. The van der Waals surface area contributed by atoms with Crippen LogP contribution in [0.5, 0.6) is 0 Å². The van der Waals surface area contributed by atoms with Gasteiger partial charge in [0, 0.05) is 30.7 Å². The first kappa shape index (κ1) is 17.7. The lowest BCUT2D eigenvalue weighted by Gasteiger charge is -2.38. The molecule has 3 heteroatoms. The number of hydrogen-bond donors (Lipinski definition) is 1. The molecule has 0 aliphatic carbocycles. The minimum absolute atomic E-state index is 0.0248. The summed E-state index contributed by atoms with van der Waals surface area (Å²) in [5, 5.41) is 3.21. The summed E-state index contributed by atoms with van der Waals surface area (Å²) in [5.74, 6) is 0.0248. The summed E-state index contributed by atoms with van der Waals surface area (Å²) < 4.78 is 5.58. The predicted octanol–water partition coefficient (Wildman–Crippen LogP) is 4.09. The summed E-state index contributed by atoms with van der Waals surface area (Å²) in [7, 11) is 0. The number of benzene rings is 2. The molecule has 132 valence electrons. The molecule has 0 unspecified atom stereocenters. The van der Waals surface area contributed by atoms with Gasteiger partial charge in [-0.3, -0.25) is 4.79 Å². The van der Waals surface area contributed by atoms with Gasteiger partial charge < -0.3 is 10.1 Å². The Hall–Kier alpha value is -2.13. The van der Waals surface area contributed by atoms with Crippen molar-refractivity contribution in [3.05, 3.63) is 70.3 Å². The van der Waals surface area contributed by atoms with E-state index in [1.807, 2.05) is 19.9 Å². The number of carbonyl (C=O) groups excluding carboxylic acids is 1. The van der Waals surface area contributed by atoms with Crippen LogP contribution in [-0.4, -0.2) is 25.7 Å². The highest BCUT2D eigenvalue weighted by Crippen LogP contribution is 2.34. The van der Waals surface area contributed by atoms with Gasteiger partial charge in [-0.25, -0.2) is 0 Å². The molecule has 1 saturated heterocycles. The summed E-state index contributed by atoms with van der Waals surface area (Å²) in [6.45, 7) is 8.22. The molecule has 1 heterocycles. The van der Waals surface area contributed by atoms with Crippen LogP contribution >= 0.6 is 0 Å². The van der Waals surface area contributed by atoms with E-state index in [9.17, 15) is 4.79 Å². The van der Waals surface area contributed by atoms with Crippen LogP contribution in [0.15, 0.2) is 42.5 Å². The maximum absolute atomic E-state index is 12.9. The average Bonchev–Trinajstić information content (AvgIpc) is 2.61. The van der Waals surface area contributed by atoms with Gasteiger partial charge >= 0.3 is 0 Å². The van der Waals surface area contributed by atoms with Crippen molar-refractivity contribution in [2.45, 2.75) is 39.0 Å². The van der Waals surface area contributed by atoms with E-state index in [4.69, 9.17) is 4.74 Å². The molecule has 3 rings (SSSR count). The van der Waals surface area contributed by atoms with Gasteiger partial charge in [0.1, 0.15) is 0 Å². The highest BCUT2D eigenvalue weighted by atomic mass is 16.5. The van der Waals surface area contributed by atoms with Crippen LogP contribution in [0, 0.1) is 20.8 Å². The molecule has 3 nitrogen and oxygen atoms in total. The zero-order chi connectivity index (χ0) is 17.9. The monoisotopic (exact) mass is 337 g/mol. The van der Waals surface area contributed by atoms with Gasteiger partial charge in [0.05, 0.1) is 0 Å². The molecule has 1 aliphatic heterocycles. The van der Waals surface area contributed by atoms with E-state index in [-0.39, 0.29) is 11.3 Å². The minimum atomic E-state index is -0.0400. The van der Waals surface area contributed by atoms with Crippen molar-refractivity contribution >= 4 is 5.91 Å². The summed E-state index contributed by atoms with van der Waals surface area (Å²) in [6.07, 6.45) is 1.87. The number of carbonyl (C=O) groups is 1. The Labute approximate surface area is 150 Å². The fourth-order valence-corrected chi connectivity index (χ4v) is 4.00. The third-order valence-electron chi connectivity index (χ3n) is 5.33. The smallest absolute Gasteiger partial charge is 0.251 e. The molecule has 0 aromatic heterocycles. The highest BCUT2D eigenvalue weighted by molar-refractivity contribution is 5.97. The van der Waals surface area contributed by atoms with Gasteiger partial charge in [0.15, 0.2) is 0 Å². The van der Waals surface area contributed by atoms with Crippen molar-refractivity contribution in [3.63, 3.8) is 0 Å². The second-order valence-electron chi connectivity index (χ2n) is 7.22. The molecule has 1 aliphatic rings. The van der Waals surface area contributed by atoms with Crippen molar-refractivity contribution in [1.29, 1.82) is 0 Å². The fraction of sp³-hybridized carbons (Fsp3) is 0.409. The SMILES string of the molecule is Cc1cc(C)c(C(=O)NCC2(c3ccccc3)CCOCC2)c(C)c1. The number of hydrogen-bond acceptors (Lipinski definition) is 2. The maximum Gasteiger partial charge on any atom is 0.251 e. The minimum Gasteiger partial charge on any atom is -0.381 e. The number of ether oxygens (including phenoxy) is 1. The van der Waals surface area contributed by atoms with Crippen molar-refractivity contribution in [2.24, 2.45) is 0 Å². The number of rotatable bonds is 4. The molecule has 0 radical (unpaired) electrons. The topological polar surface area (TPSA) is 38.3 Å². The Balaban J connectivity index is 1.81. The van der Waals surface area contributed by atoms with Crippen LogP contribution in [0.25, 0.3) is 0 Å². The summed E-state index contributed by atoms with van der Waals surface area (Å²) in [4.78, 5) is 12.9. The molecule has 1 amide bonds. The van der Waals surface area contributed by atoms with Crippen molar-refractivity contribution < 1.29 is 9.53 Å². The molecular formula is C22H27NO2. The largest absolute Gasteiger partial charge is 0.381 e. The summed E-state index contributed by atoms with van der Waals surface area (Å²) in [5.41, 5.74) is 5.32. The lowest BCUT2D eigenvalue weighted by molar-refractivity contribution is 0.0487. The van der Waals surface area contributed by atoms with Gasteiger partial charge in [0.2, 0.25) is 0 Å². The van der Waals surface area contributed by atoms with Gasteiger partial charge in [-0.05, 0) is 50.3 Å². The van der Waals surface area contributed by atoms with E-state index < -0.39 is 0 Å². The van der Waals surface area contributed by atoms with Crippen LogP contribution < -0.4 is 5.32 Å². The molecule has 1 fully saturated rings. The Kier molecular flexibility index (Phi) is 5.24. The highest BCUT2D eigenvalue weighted by Gasteiger charge is 2.35. The fourth-order valence-electron chi connectivity index (χ4n) is 4.00. The molecular weight excluding hydrogens is 310 g/mol. The van der Waals surface area contributed by atoms with Crippen LogP contribution in [0.2, 0.25) is 0 Å². The lowest BCUT2D eigenvalue weighted by atomic mass is 9.74. The van der Waals surface area contributed by atoms with Crippen molar-refractivity contribution in [2.75, 3.05) is 19.8 Å². The zero-order valence-electron chi connectivity index (χ0n) is 15.4. The van der Waals surface area contributed by atoms with Gasteiger partial charge in [-0.15, -0.1) is 0 Å². The maximum atomic E-state index is 12.9. The third kappa shape index (κ3) is 3.77. The second kappa shape index (κ2) is 7.40. The Morgan fingerprint density at radius 3 is 2.24 bits per heavy atom. The third-order valence-corrected chi connectivity index (χ3v) is 5.33. The van der Waals surface area contributed by atoms with Crippen LogP contribution in [0.1, 0.15) is 45.5 Å². The average molecular weight is 337 g/mol. The standard InChI is InChI=1S/C22H27NO2/c1-16-13-17(2)20(18(3)14-16)21(24)23-15-22(9-11-25-12-10-22)19-7-5-4-6-8-19/h4-8,13-14H,9-12,15H2,1-3H3,(H,23,24). The Morgan fingerprint density at radius 2 is 1.64 bits per heavy atom. The molecule has 0 bridgehead atoms. The Bertz CT molecular complexity index is 723. The van der Waals surface area contributed by atoms with Crippen LogP contribution in [0.4, 0.5) is 0 Å². The Morgan fingerprint density at radius 1 is 1.04 bits per heavy atom. The first-order valence-electron chi connectivity index (χ1n) is 9.01. The van der Waals surface area contributed by atoms with Crippen molar-refractivity contribution in [1.82, 2.24) is 5.32 Å². The summed E-state index contributed by atoms with van der Waals surface area (Å²) >= 11 is 0. The van der Waals surface area contributed by atoms with Gasteiger partial charge in [-0.2, -0.15) is 0 Å². The molecule has 0 saturated carbocycles. The molecule has 0 spiro atoms. The number of amides is 1. The first-order chi connectivity index (χ1) is 12.0. The normalized spacial score (nSPS) is 16.4. The van der Waals surface area contributed by atoms with Crippen LogP contribution in [-0.2, 0) is 10.2 Å². The van der Waals surface area contributed by atoms with Crippen molar-refractivity contribution in [3.8, 4) is 0 Å². The number of nitrogens with one attached hydrogen (secondary N) is 1. The van der Waals surface area contributed by atoms with E-state index in [0.717, 1.165) is 42.7 Å². The molecule has 2 aromatic rings. The van der Waals surface area contributed by atoms with Gasteiger partial charge in [0.25, 0.3) is 5.91 Å². The quantitative estimate of drug-likeness (QED) is 0.912. The van der Waals surface area contributed by atoms with E-state index in [1.54, 1.807) is 0 Å². The number of aryl methyl sites for hydroxylation is 3. The molecule has 2 aromatic carbocycles.